The number of rotatable bonds is 26. The SMILES string of the molecule is CCC[CH2][Sn]([CH2]CCC)([CH2]CCC)[c]1ccc2c(=O)n(C)n(C)c2c1.CCOC(=O)[C@@H](OC(C)(C)C)c1c(C)cc2nc(-c3ccc4c(=O)n(C)n(C)c4c3)sc2c1-c1ccc(Cl)cc1.CCOC(=O)[C@@H](OC(C)(C)C)c1c(C)cc2nc(Br)sc2c1-c1ccc(Cl)cc1.Cc1cc2nc(-c3ccc4c(=O)n(C)n(C)c4c3)sc2c(-c2ccc(Cl)cc2)c1[C@H](OC(C)(C)C)C(=O)O. The Morgan fingerprint density at radius 2 is 0.705 bits per heavy atom. The van der Waals surface area contributed by atoms with E-state index in [2.05, 4.69) is 59.9 Å². The first kappa shape index (κ1) is 102. The van der Waals surface area contributed by atoms with Crippen LogP contribution in [0.2, 0.25) is 28.4 Å². The van der Waals surface area contributed by atoms with Gasteiger partial charge in [0.05, 0.1) is 82.5 Å². The summed E-state index contributed by atoms with van der Waals surface area (Å²) in [6, 6.07) is 46.8. The number of carboxylic acids is 1. The summed E-state index contributed by atoms with van der Waals surface area (Å²) >= 11 is 24.2. The zero-order valence-electron chi connectivity index (χ0n) is 79.6. The Morgan fingerprint density at radius 1 is 0.409 bits per heavy atom. The first-order valence-electron chi connectivity index (χ1n) is 44.7. The van der Waals surface area contributed by atoms with Crippen molar-refractivity contribution in [3.63, 3.8) is 0 Å². The second-order valence-electron chi connectivity index (χ2n) is 36.5. The number of carbonyl (C=O) groups is 3. The molecule has 1 N–H and O–H groups in total. The van der Waals surface area contributed by atoms with Crippen molar-refractivity contribution in [3.8, 4) is 54.5 Å². The van der Waals surface area contributed by atoms with Gasteiger partial charge in [0.1, 0.15) is 10.0 Å². The fraction of sp³-hybridized carbons (Fsp3) is 0.388. The monoisotopic (exact) mass is 2070 g/mol. The molecule has 0 saturated heterocycles. The molecule has 0 aliphatic carbocycles. The quantitative estimate of drug-likeness (QED) is 0.0392. The number of fused-ring (bicyclic) bond motifs is 6. The number of benzene rings is 9. The molecular weight excluding hydrogens is 1960 g/mol. The molecule has 3 atom stereocenters. The first-order valence-corrected chi connectivity index (χ1v) is 56.5. The Balaban J connectivity index is 0.000000162. The van der Waals surface area contributed by atoms with Crippen molar-refractivity contribution in [1.82, 2.24) is 43.0 Å². The molecule has 9 aromatic carbocycles. The second-order valence-corrected chi connectivity index (χ2v) is 55.4. The van der Waals surface area contributed by atoms with Crippen molar-refractivity contribution in [3.05, 3.63) is 229 Å². The van der Waals surface area contributed by atoms with Crippen LogP contribution in [0.1, 0.15) is 187 Å². The van der Waals surface area contributed by atoms with Gasteiger partial charge in [0, 0.05) is 87.8 Å². The maximum atomic E-state index is 13.3. The minimum Gasteiger partial charge on any atom is -0.479 e. The van der Waals surface area contributed by atoms with Gasteiger partial charge in [-0.15, -0.1) is 34.0 Å². The average Bonchev–Trinajstić information content (AvgIpc) is 1.57. The van der Waals surface area contributed by atoms with Crippen molar-refractivity contribution in [2.75, 3.05) is 13.2 Å². The molecule has 6 heterocycles. The number of hydrogen-bond donors (Lipinski definition) is 1. The summed E-state index contributed by atoms with van der Waals surface area (Å²) in [6.07, 6.45) is 5.03. The molecule has 0 radical (unpaired) electrons. The van der Waals surface area contributed by atoms with Gasteiger partial charge < -0.3 is 28.8 Å². The van der Waals surface area contributed by atoms with Crippen molar-refractivity contribution in [2.24, 2.45) is 42.3 Å². The maximum absolute atomic E-state index is 13.3. The molecule has 15 rings (SSSR count). The number of ether oxygens (including phenoxy) is 5. The van der Waals surface area contributed by atoms with Crippen LogP contribution in [0.5, 0.6) is 0 Å². The predicted octanol–water partition coefficient (Wildman–Crippen LogP) is 26.0. The number of esters is 2. The molecule has 0 amide bonds. The van der Waals surface area contributed by atoms with Crippen LogP contribution < -0.4 is 20.3 Å². The summed E-state index contributed by atoms with van der Waals surface area (Å²) in [6.45, 7) is 34.0. The number of carbonyl (C=O) groups excluding carboxylic acids is 2. The van der Waals surface area contributed by atoms with E-state index in [1.165, 1.54) is 85.8 Å². The van der Waals surface area contributed by atoms with E-state index in [1.54, 1.807) is 57.7 Å². The van der Waals surface area contributed by atoms with Crippen LogP contribution >= 0.6 is 84.7 Å². The Morgan fingerprint density at radius 3 is 1.02 bits per heavy atom. The molecule has 15 aromatic rings. The Labute approximate surface area is 810 Å². The van der Waals surface area contributed by atoms with E-state index in [4.69, 9.17) is 68.5 Å². The number of aryl methyl sites for hydroxylation is 6. The predicted molar refractivity (Wildman–Crippen MR) is 551 cm³/mol. The van der Waals surface area contributed by atoms with Crippen LogP contribution in [-0.4, -0.2) is 114 Å². The van der Waals surface area contributed by atoms with Crippen LogP contribution in [0.3, 0.4) is 0 Å². The van der Waals surface area contributed by atoms with Crippen molar-refractivity contribution in [1.29, 1.82) is 0 Å². The van der Waals surface area contributed by atoms with Gasteiger partial charge in [-0.25, -0.2) is 29.3 Å². The third-order valence-corrected chi connectivity index (χ3v) is 43.9. The van der Waals surface area contributed by atoms with Crippen molar-refractivity contribution < 1.29 is 43.2 Å². The summed E-state index contributed by atoms with van der Waals surface area (Å²) in [5, 5.41) is 15.9. The summed E-state index contributed by atoms with van der Waals surface area (Å²) in [4.78, 5) is 90.9. The number of carboxylic acid groups (broad SMARTS) is 1. The number of hydrogen-bond acceptors (Lipinski definition) is 17. The van der Waals surface area contributed by atoms with Crippen molar-refractivity contribution in [2.45, 2.75) is 205 Å². The van der Waals surface area contributed by atoms with E-state index in [1.807, 2.05) is 241 Å². The fourth-order valence-corrected chi connectivity index (χ4v) is 37.2. The molecule has 0 bridgehead atoms. The van der Waals surface area contributed by atoms with Gasteiger partial charge in [-0.2, -0.15) is 0 Å². The molecule has 29 heteroatoms. The molecule has 0 aliphatic rings. The van der Waals surface area contributed by atoms with E-state index < -0.39 is 71.4 Å². The van der Waals surface area contributed by atoms with Gasteiger partial charge in [-0.1, -0.05) is 83.3 Å². The summed E-state index contributed by atoms with van der Waals surface area (Å²) < 4.78 is 49.7. The maximum Gasteiger partial charge on any atom is 0.339 e. The number of thiazole rings is 3. The zero-order chi connectivity index (χ0) is 96.2. The summed E-state index contributed by atoms with van der Waals surface area (Å²) in [5.74, 6) is -1.89. The molecular formula is C103H119BrCl3N9O12S3Sn. The van der Waals surface area contributed by atoms with Gasteiger partial charge in [0.15, 0.2) is 22.2 Å². The van der Waals surface area contributed by atoms with E-state index in [0.717, 1.165) is 139 Å². The third-order valence-electron chi connectivity index (χ3n) is 23.7. The number of aliphatic carboxylic acids is 1. The fourth-order valence-electron chi connectivity index (χ4n) is 17.1. The Kier molecular flexibility index (Phi) is 32.7. The summed E-state index contributed by atoms with van der Waals surface area (Å²) in [5.41, 5.74) is 15.1. The number of unbranched alkanes of at least 4 members (excludes halogenated alkanes) is 3. The van der Waals surface area contributed by atoms with Gasteiger partial charge >= 0.3 is 175 Å². The van der Waals surface area contributed by atoms with Gasteiger partial charge in [-0.05, 0) is 225 Å². The Bertz CT molecular complexity index is 6960. The smallest absolute Gasteiger partial charge is 0.339 e. The molecule has 0 fully saturated rings. The molecule has 698 valence electrons. The van der Waals surface area contributed by atoms with E-state index in [-0.39, 0.29) is 29.9 Å². The topological polar surface area (TPSA) is 237 Å². The van der Waals surface area contributed by atoms with Crippen molar-refractivity contribution >= 4 is 188 Å². The average molecular weight is 2080 g/mol. The normalized spacial score (nSPS) is 12.8. The standard InChI is InChI=1S/C31H32ClN3O4S.C29H28ClN3O4S.C22H23BrClNO3S.C9H9N2O.3C4H9.Sn/c1-8-38-30(37)26(39-31(3,4)5)24-17(2)15-22-27(25(24)18-9-12-20(32)13-10-18)40-28(33-22)19-11-14-21-23(16-19)34(6)35(7)29(21)36;1-15-13-20-25(38-26(31-20)17-9-12-19-21(14-17)32(5)33(6)27(19)34)23(16-7-10-18(30)11-8-16)22(15)24(28(35)36)37-29(2,3)4;1-6-27-20(26)18(28-22(3,4)5)16-12(2)11-15-19(29-21(23)25-15)17(16)13-7-9-14(24)10-8-13;1-10-8-6-4-3-5-7(8)9(12)11(10)2;3*1-3-4-2;/h9-16,26H,8H2,1-7H3;7-14,24H,1-6H3,(H,35,36);7-11,18H,6H2,1-5H3;3,5-6H,1-2H3;3*1,3-4H2,2H3;/t26-;24-;18-;;;;;/m000...../s1. The molecule has 6 aromatic heterocycles. The molecule has 0 saturated carbocycles. The number of aromatic nitrogens is 9. The van der Waals surface area contributed by atoms with E-state index >= 15 is 0 Å². The zero-order valence-corrected chi connectivity index (χ0v) is 88.7. The molecule has 0 aliphatic heterocycles. The first-order chi connectivity index (χ1) is 62.3. The summed E-state index contributed by atoms with van der Waals surface area (Å²) in [7, 11) is 11.1. The van der Waals surface area contributed by atoms with Crippen LogP contribution in [0, 0.1) is 20.8 Å². The van der Waals surface area contributed by atoms with Crippen LogP contribution in [0.15, 0.2) is 164 Å². The molecule has 0 unspecified atom stereocenters. The number of halogens is 4. The van der Waals surface area contributed by atoms with Crippen LogP contribution in [0.4, 0.5) is 0 Å². The van der Waals surface area contributed by atoms with E-state index in [0.29, 0.717) is 31.4 Å². The molecule has 0 spiro atoms. The second kappa shape index (κ2) is 42.4. The minimum atomic E-state index is -2.42. The van der Waals surface area contributed by atoms with Gasteiger partial charge in [0.2, 0.25) is 0 Å². The van der Waals surface area contributed by atoms with E-state index in [9.17, 15) is 33.9 Å². The molecule has 132 heavy (non-hydrogen) atoms. The van der Waals surface area contributed by atoms with Gasteiger partial charge in [-0.3, -0.25) is 28.3 Å². The number of nitrogens with zero attached hydrogens (tertiary/aromatic N) is 9. The van der Waals surface area contributed by atoms with Crippen LogP contribution in [0.25, 0.3) is 118 Å². The van der Waals surface area contributed by atoms with Gasteiger partial charge in [0.25, 0.3) is 11.1 Å². The Hall–Kier alpha value is -9.10. The minimum absolute atomic E-state index is 0.0394. The third kappa shape index (κ3) is 22.5. The molecule has 21 nitrogen and oxygen atoms in total. The largest absolute Gasteiger partial charge is 0.479 e. The van der Waals surface area contributed by atoms with Crippen LogP contribution in [-0.2, 0) is 80.4 Å².